The van der Waals surface area contributed by atoms with Crippen molar-refractivity contribution in [2.75, 3.05) is 0 Å². The Balaban J connectivity index is 1.92. The molecule has 1 atom stereocenters. The molecule has 1 N–H and O–H groups in total. The Bertz CT molecular complexity index is 411. The lowest BCUT2D eigenvalue weighted by Gasteiger charge is -2.13. The monoisotopic (exact) mass is 212 g/mol. The van der Waals surface area contributed by atoms with Crippen molar-refractivity contribution in [3.63, 3.8) is 0 Å². The van der Waals surface area contributed by atoms with Crippen LogP contribution in [0.15, 0.2) is 54.7 Å². The fraction of sp³-hybridized carbons (Fsp3) is 0.214. The average molecular weight is 212 g/mol. The predicted octanol–water partition coefficient (Wildman–Crippen LogP) is 2.93. The summed E-state index contributed by atoms with van der Waals surface area (Å²) in [5, 5.41) is 3.45. The molecule has 2 rings (SSSR count). The summed E-state index contributed by atoms with van der Waals surface area (Å²) in [6.07, 6.45) is 1.82. The number of pyridine rings is 1. The van der Waals surface area contributed by atoms with Gasteiger partial charge in [0.25, 0.3) is 0 Å². The molecule has 1 aromatic heterocycles. The zero-order valence-electron chi connectivity index (χ0n) is 9.43. The van der Waals surface area contributed by atoms with E-state index < -0.39 is 0 Å². The van der Waals surface area contributed by atoms with E-state index in [0.29, 0.717) is 6.04 Å². The van der Waals surface area contributed by atoms with Gasteiger partial charge in [-0.25, -0.2) is 0 Å². The third-order valence-corrected chi connectivity index (χ3v) is 2.62. The van der Waals surface area contributed by atoms with E-state index in [9.17, 15) is 0 Å². The highest BCUT2D eigenvalue weighted by molar-refractivity contribution is 5.18. The van der Waals surface area contributed by atoms with Crippen LogP contribution in [0.5, 0.6) is 0 Å². The van der Waals surface area contributed by atoms with Crippen molar-refractivity contribution in [2.24, 2.45) is 0 Å². The second-order valence-corrected chi connectivity index (χ2v) is 3.83. The van der Waals surface area contributed by atoms with Crippen LogP contribution in [0.1, 0.15) is 24.2 Å². The van der Waals surface area contributed by atoms with E-state index in [-0.39, 0.29) is 0 Å². The number of aromatic nitrogens is 1. The molecule has 1 aromatic carbocycles. The smallest absolute Gasteiger partial charge is 0.0541 e. The Labute approximate surface area is 96.4 Å². The van der Waals surface area contributed by atoms with Gasteiger partial charge in [0.1, 0.15) is 0 Å². The lowest BCUT2D eigenvalue weighted by atomic mass is 10.1. The summed E-state index contributed by atoms with van der Waals surface area (Å²) in [5.74, 6) is 0. The first-order valence-corrected chi connectivity index (χ1v) is 5.54. The van der Waals surface area contributed by atoms with Crippen LogP contribution in [0.4, 0.5) is 0 Å². The van der Waals surface area contributed by atoms with Crippen molar-refractivity contribution in [2.45, 2.75) is 19.5 Å². The van der Waals surface area contributed by atoms with E-state index in [1.807, 2.05) is 30.5 Å². The number of hydrogen-bond donors (Lipinski definition) is 1. The Morgan fingerprint density at radius 1 is 1.06 bits per heavy atom. The van der Waals surface area contributed by atoms with Crippen LogP contribution in [0.2, 0.25) is 0 Å². The molecule has 1 unspecified atom stereocenters. The van der Waals surface area contributed by atoms with Gasteiger partial charge in [-0.3, -0.25) is 4.98 Å². The van der Waals surface area contributed by atoms with Crippen LogP contribution in [0, 0.1) is 0 Å². The Morgan fingerprint density at radius 3 is 2.50 bits per heavy atom. The summed E-state index contributed by atoms with van der Waals surface area (Å²) in [6, 6.07) is 16.8. The summed E-state index contributed by atoms with van der Waals surface area (Å²) in [6.45, 7) is 2.97. The second-order valence-electron chi connectivity index (χ2n) is 3.83. The van der Waals surface area contributed by atoms with Crippen LogP contribution in [-0.2, 0) is 6.54 Å². The number of nitrogens with zero attached hydrogens (tertiary/aromatic N) is 1. The number of rotatable bonds is 4. The molecule has 16 heavy (non-hydrogen) atoms. The second kappa shape index (κ2) is 5.42. The molecule has 0 spiro atoms. The van der Waals surface area contributed by atoms with Gasteiger partial charge < -0.3 is 5.32 Å². The zero-order chi connectivity index (χ0) is 11.2. The summed E-state index contributed by atoms with van der Waals surface area (Å²) in [7, 11) is 0. The molecule has 0 saturated heterocycles. The maximum Gasteiger partial charge on any atom is 0.0541 e. The van der Waals surface area contributed by atoms with Crippen molar-refractivity contribution in [1.82, 2.24) is 10.3 Å². The van der Waals surface area contributed by atoms with Gasteiger partial charge in [0, 0.05) is 18.8 Å². The molecule has 0 saturated carbocycles. The highest BCUT2D eigenvalue weighted by Crippen LogP contribution is 2.11. The minimum absolute atomic E-state index is 0.350. The maximum atomic E-state index is 4.28. The van der Waals surface area contributed by atoms with Crippen LogP contribution in [0.25, 0.3) is 0 Å². The van der Waals surface area contributed by atoms with Gasteiger partial charge in [0.2, 0.25) is 0 Å². The molecule has 0 aliphatic heterocycles. The van der Waals surface area contributed by atoms with Gasteiger partial charge in [0.15, 0.2) is 0 Å². The molecule has 0 bridgehead atoms. The van der Waals surface area contributed by atoms with E-state index in [1.54, 1.807) is 0 Å². The van der Waals surface area contributed by atoms with Crippen molar-refractivity contribution < 1.29 is 0 Å². The molecular weight excluding hydrogens is 196 g/mol. The topological polar surface area (TPSA) is 24.9 Å². The van der Waals surface area contributed by atoms with Crippen LogP contribution < -0.4 is 5.32 Å². The summed E-state index contributed by atoms with van der Waals surface area (Å²) >= 11 is 0. The van der Waals surface area contributed by atoms with E-state index in [0.717, 1.165) is 12.2 Å². The Hall–Kier alpha value is -1.67. The highest BCUT2D eigenvalue weighted by Gasteiger charge is 2.03. The number of nitrogens with one attached hydrogen (secondary N) is 1. The van der Waals surface area contributed by atoms with Gasteiger partial charge in [-0.2, -0.15) is 0 Å². The van der Waals surface area contributed by atoms with E-state index >= 15 is 0 Å². The van der Waals surface area contributed by atoms with Crippen LogP contribution in [-0.4, -0.2) is 4.98 Å². The average Bonchev–Trinajstić information content (AvgIpc) is 2.38. The number of hydrogen-bond acceptors (Lipinski definition) is 2. The highest BCUT2D eigenvalue weighted by atomic mass is 14.9. The Kier molecular flexibility index (Phi) is 3.67. The third kappa shape index (κ3) is 2.91. The van der Waals surface area contributed by atoms with Crippen LogP contribution >= 0.6 is 0 Å². The quantitative estimate of drug-likeness (QED) is 0.842. The van der Waals surface area contributed by atoms with E-state index in [2.05, 4.69) is 41.5 Å². The molecule has 0 amide bonds. The van der Waals surface area contributed by atoms with E-state index in [4.69, 9.17) is 0 Å². The molecule has 0 fully saturated rings. The molecule has 0 radical (unpaired) electrons. The van der Waals surface area contributed by atoms with Crippen LogP contribution in [0.3, 0.4) is 0 Å². The SMILES string of the molecule is CC(NCc1ccccn1)c1ccccc1. The summed E-state index contributed by atoms with van der Waals surface area (Å²) in [5.41, 5.74) is 2.38. The summed E-state index contributed by atoms with van der Waals surface area (Å²) in [4.78, 5) is 4.28. The van der Waals surface area contributed by atoms with Gasteiger partial charge >= 0.3 is 0 Å². The molecule has 0 aliphatic carbocycles. The molecular formula is C14H16N2. The van der Waals surface area contributed by atoms with Gasteiger partial charge in [-0.05, 0) is 24.6 Å². The van der Waals surface area contributed by atoms with Crippen molar-refractivity contribution >= 4 is 0 Å². The molecule has 82 valence electrons. The zero-order valence-corrected chi connectivity index (χ0v) is 9.43. The first-order valence-electron chi connectivity index (χ1n) is 5.54. The van der Waals surface area contributed by atoms with Gasteiger partial charge in [-0.1, -0.05) is 36.4 Å². The molecule has 1 heterocycles. The first kappa shape index (κ1) is 10.8. The van der Waals surface area contributed by atoms with Crippen molar-refractivity contribution in [3.8, 4) is 0 Å². The van der Waals surface area contributed by atoms with Crippen molar-refractivity contribution in [3.05, 3.63) is 66.0 Å². The molecule has 2 aromatic rings. The minimum Gasteiger partial charge on any atom is -0.305 e. The van der Waals surface area contributed by atoms with E-state index in [1.165, 1.54) is 5.56 Å². The number of benzene rings is 1. The minimum atomic E-state index is 0.350. The summed E-state index contributed by atoms with van der Waals surface area (Å²) < 4.78 is 0. The fourth-order valence-electron chi connectivity index (χ4n) is 1.62. The standard InChI is InChI=1S/C14H16N2/c1-12(13-7-3-2-4-8-13)16-11-14-9-5-6-10-15-14/h2-10,12,16H,11H2,1H3. The fourth-order valence-corrected chi connectivity index (χ4v) is 1.62. The molecule has 2 heteroatoms. The predicted molar refractivity (Wildman–Crippen MR) is 65.9 cm³/mol. The first-order chi connectivity index (χ1) is 7.86. The lowest BCUT2D eigenvalue weighted by Crippen LogP contribution is -2.18. The van der Waals surface area contributed by atoms with Crippen molar-refractivity contribution in [1.29, 1.82) is 0 Å². The molecule has 2 nitrogen and oxygen atoms in total. The van der Waals surface area contributed by atoms with Gasteiger partial charge in [-0.15, -0.1) is 0 Å². The lowest BCUT2D eigenvalue weighted by molar-refractivity contribution is 0.568. The normalized spacial score (nSPS) is 12.3. The largest absolute Gasteiger partial charge is 0.305 e. The third-order valence-electron chi connectivity index (χ3n) is 2.62. The Morgan fingerprint density at radius 2 is 1.81 bits per heavy atom. The molecule has 0 aliphatic rings. The van der Waals surface area contributed by atoms with Gasteiger partial charge in [0.05, 0.1) is 5.69 Å². The maximum absolute atomic E-state index is 4.28.